The predicted octanol–water partition coefficient (Wildman–Crippen LogP) is 3.61. The SMILES string of the molecule is CC/C(C)=C(\C)C[P+](C)=N. The zero-order valence-corrected chi connectivity index (χ0v) is 8.26. The molecule has 1 N–H and O–H groups in total. The van der Waals surface area contributed by atoms with Gasteiger partial charge >= 0.3 is 0 Å². The first-order valence-corrected chi connectivity index (χ1v) is 5.63. The fourth-order valence-electron chi connectivity index (χ4n) is 0.792. The molecule has 0 bridgehead atoms. The van der Waals surface area contributed by atoms with Gasteiger partial charge < -0.3 is 0 Å². The van der Waals surface area contributed by atoms with Crippen molar-refractivity contribution < 1.29 is 0 Å². The van der Waals surface area contributed by atoms with Gasteiger partial charge in [0.2, 0.25) is 0 Å². The lowest BCUT2D eigenvalue weighted by atomic mass is 10.1. The monoisotopic (exact) mass is 158 g/mol. The molecular formula is C8H17NP+. The number of rotatable bonds is 3. The number of hydrogen-bond donors (Lipinski definition) is 1. The molecule has 0 aliphatic rings. The van der Waals surface area contributed by atoms with Gasteiger partial charge in [0.15, 0.2) is 7.71 Å². The Morgan fingerprint density at radius 2 is 1.80 bits per heavy atom. The van der Waals surface area contributed by atoms with Gasteiger partial charge in [-0.05, 0) is 25.8 Å². The molecule has 10 heavy (non-hydrogen) atoms. The van der Waals surface area contributed by atoms with E-state index in [0.29, 0.717) is 0 Å². The van der Waals surface area contributed by atoms with Crippen molar-refractivity contribution >= 4 is 7.71 Å². The quantitative estimate of drug-likeness (QED) is 0.479. The molecular weight excluding hydrogens is 141 g/mol. The van der Waals surface area contributed by atoms with Crippen LogP contribution in [0.1, 0.15) is 27.2 Å². The Bertz CT molecular complexity index is 159. The topological polar surface area (TPSA) is 23.9 Å². The van der Waals surface area contributed by atoms with E-state index in [2.05, 4.69) is 20.8 Å². The molecule has 0 saturated heterocycles. The zero-order valence-electron chi connectivity index (χ0n) is 7.36. The van der Waals surface area contributed by atoms with E-state index in [-0.39, 0.29) is 0 Å². The van der Waals surface area contributed by atoms with Gasteiger partial charge in [0.25, 0.3) is 0 Å². The van der Waals surface area contributed by atoms with Crippen LogP contribution in [0.3, 0.4) is 0 Å². The van der Waals surface area contributed by atoms with Crippen LogP contribution in [-0.2, 0) is 0 Å². The molecule has 0 spiro atoms. The van der Waals surface area contributed by atoms with E-state index in [0.717, 1.165) is 12.6 Å². The first-order valence-electron chi connectivity index (χ1n) is 3.65. The summed E-state index contributed by atoms with van der Waals surface area (Å²) in [5, 5.41) is 7.41. The maximum atomic E-state index is 7.41. The normalized spacial score (nSPS) is 14.6. The van der Waals surface area contributed by atoms with Crippen molar-refractivity contribution in [2.24, 2.45) is 0 Å². The molecule has 1 unspecified atom stereocenters. The standard InChI is InChI=1S/C8H17NP/c1-5-7(2)8(3)6-10(4)9/h9H,5-6H2,1-4H3/q+1/b8-7+. The van der Waals surface area contributed by atoms with E-state index >= 15 is 0 Å². The third-order valence-corrected chi connectivity index (χ3v) is 2.68. The van der Waals surface area contributed by atoms with Crippen molar-refractivity contribution in [1.82, 2.24) is 0 Å². The van der Waals surface area contributed by atoms with Gasteiger partial charge in [0.1, 0.15) is 12.8 Å². The van der Waals surface area contributed by atoms with Crippen LogP contribution in [0.25, 0.3) is 0 Å². The summed E-state index contributed by atoms with van der Waals surface area (Å²) < 4.78 is 0. The Morgan fingerprint density at radius 3 is 2.10 bits per heavy atom. The highest BCUT2D eigenvalue weighted by Gasteiger charge is 2.03. The van der Waals surface area contributed by atoms with Crippen molar-refractivity contribution in [1.29, 1.82) is 5.16 Å². The van der Waals surface area contributed by atoms with Crippen LogP contribution in [0.4, 0.5) is 0 Å². The van der Waals surface area contributed by atoms with Crippen LogP contribution in [0.2, 0.25) is 0 Å². The maximum absolute atomic E-state index is 7.41. The Balaban J connectivity index is 4.04. The number of nitrogens with one attached hydrogen (secondary N) is 1. The number of hydrogen-bond acceptors (Lipinski definition) is 1. The van der Waals surface area contributed by atoms with Crippen LogP contribution in [0.15, 0.2) is 11.1 Å². The van der Waals surface area contributed by atoms with Crippen LogP contribution in [-0.4, -0.2) is 12.8 Å². The Morgan fingerprint density at radius 1 is 1.30 bits per heavy atom. The highest BCUT2D eigenvalue weighted by molar-refractivity contribution is 7.45. The molecule has 0 amide bonds. The molecule has 0 saturated carbocycles. The van der Waals surface area contributed by atoms with Crippen LogP contribution >= 0.6 is 7.71 Å². The van der Waals surface area contributed by atoms with E-state index in [1.807, 2.05) is 6.66 Å². The van der Waals surface area contributed by atoms with E-state index in [9.17, 15) is 0 Å². The Labute approximate surface area is 64.8 Å². The fraction of sp³-hybridized carbons (Fsp3) is 0.750. The van der Waals surface area contributed by atoms with E-state index in [4.69, 9.17) is 5.16 Å². The van der Waals surface area contributed by atoms with Gasteiger partial charge in [0.05, 0.1) is 0 Å². The second-order valence-electron chi connectivity index (χ2n) is 2.77. The molecule has 1 nitrogen and oxygen atoms in total. The molecule has 0 fully saturated rings. The minimum atomic E-state index is -0.486. The van der Waals surface area contributed by atoms with Gasteiger partial charge in [-0.25, -0.2) is 0 Å². The lowest BCUT2D eigenvalue weighted by Crippen LogP contribution is -1.85. The lowest BCUT2D eigenvalue weighted by molar-refractivity contribution is 1.05. The van der Waals surface area contributed by atoms with Crippen molar-refractivity contribution in [2.75, 3.05) is 12.8 Å². The summed E-state index contributed by atoms with van der Waals surface area (Å²) in [7, 11) is -0.486. The largest absolute Gasteiger partial charge is 0.197 e. The fourth-order valence-corrected chi connectivity index (χ4v) is 1.77. The van der Waals surface area contributed by atoms with Gasteiger partial charge in [-0.15, -0.1) is 5.16 Å². The molecule has 2 heteroatoms. The molecule has 0 rings (SSSR count). The summed E-state index contributed by atoms with van der Waals surface area (Å²) in [4.78, 5) is 0. The van der Waals surface area contributed by atoms with Crippen LogP contribution < -0.4 is 0 Å². The van der Waals surface area contributed by atoms with Crippen molar-refractivity contribution in [3.8, 4) is 0 Å². The highest BCUT2D eigenvalue weighted by Crippen LogP contribution is 2.21. The molecule has 0 aromatic rings. The van der Waals surface area contributed by atoms with Gasteiger partial charge in [-0.3, -0.25) is 0 Å². The average Bonchev–Trinajstić information content (AvgIpc) is 1.85. The Kier molecular flexibility index (Phi) is 4.55. The summed E-state index contributed by atoms with van der Waals surface area (Å²) in [6, 6.07) is 0. The molecule has 0 heterocycles. The molecule has 58 valence electrons. The molecule has 1 atom stereocenters. The summed E-state index contributed by atoms with van der Waals surface area (Å²) in [6.07, 6.45) is 2.13. The summed E-state index contributed by atoms with van der Waals surface area (Å²) in [5.74, 6) is 0. The Hall–Kier alpha value is -0.160. The summed E-state index contributed by atoms with van der Waals surface area (Å²) in [5.41, 5.74) is 2.88. The third-order valence-electron chi connectivity index (χ3n) is 1.73. The molecule has 0 aromatic carbocycles. The van der Waals surface area contributed by atoms with Crippen LogP contribution in [0.5, 0.6) is 0 Å². The van der Waals surface area contributed by atoms with Gasteiger partial charge in [0, 0.05) is 0 Å². The summed E-state index contributed by atoms with van der Waals surface area (Å²) >= 11 is 0. The smallest absolute Gasteiger partial charge is 0.125 e. The van der Waals surface area contributed by atoms with E-state index in [1.54, 1.807) is 0 Å². The lowest BCUT2D eigenvalue weighted by Gasteiger charge is -1.98. The third kappa shape index (κ3) is 3.79. The second kappa shape index (κ2) is 4.62. The predicted molar refractivity (Wildman–Crippen MR) is 49.1 cm³/mol. The minimum absolute atomic E-state index is 0.486. The molecule has 0 radical (unpaired) electrons. The maximum Gasteiger partial charge on any atom is 0.197 e. The van der Waals surface area contributed by atoms with E-state index < -0.39 is 7.71 Å². The van der Waals surface area contributed by atoms with Crippen molar-refractivity contribution in [3.05, 3.63) is 11.1 Å². The molecule has 0 aliphatic heterocycles. The number of allylic oxidation sites excluding steroid dienone is 2. The minimum Gasteiger partial charge on any atom is -0.125 e. The van der Waals surface area contributed by atoms with Crippen LogP contribution in [0, 0.1) is 5.16 Å². The van der Waals surface area contributed by atoms with E-state index in [1.165, 1.54) is 11.1 Å². The first kappa shape index (κ1) is 9.84. The average molecular weight is 158 g/mol. The van der Waals surface area contributed by atoms with Gasteiger partial charge in [-0.2, -0.15) is 0 Å². The van der Waals surface area contributed by atoms with Gasteiger partial charge in [-0.1, -0.05) is 12.5 Å². The summed E-state index contributed by atoms with van der Waals surface area (Å²) in [6.45, 7) is 8.48. The molecule has 0 aliphatic carbocycles. The second-order valence-corrected chi connectivity index (χ2v) is 4.48. The first-order chi connectivity index (χ1) is 4.57. The van der Waals surface area contributed by atoms with Crippen molar-refractivity contribution in [2.45, 2.75) is 27.2 Å². The van der Waals surface area contributed by atoms with Crippen molar-refractivity contribution in [3.63, 3.8) is 0 Å². The zero-order chi connectivity index (χ0) is 8.15. The molecule has 0 aromatic heterocycles. The highest BCUT2D eigenvalue weighted by atomic mass is 31.1.